The molecule has 0 spiro atoms. The van der Waals surface area contributed by atoms with Crippen molar-refractivity contribution in [2.75, 3.05) is 0 Å². The number of nitro groups is 1. The predicted molar refractivity (Wildman–Crippen MR) is 101 cm³/mol. The Kier molecular flexibility index (Phi) is 5.77. The van der Waals surface area contributed by atoms with Crippen LogP contribution in [-0.2, 0) is 22.6 Å². The highest BCUT2D eigenvalue weighted by molar-refractivity contribution is 7.13. The van der Waals surface area contributed by atoms with E-state index in [0.717, 1.165) is 23.1 Å². The molecule has 0 saturated carbocycles. The number of rotatable bonds is 7. The number of carbonyl (C=O) groups excluding carboxylic acids is 1. The molecule has 1 aromatic carbocycles. The number of furan rings is 1. The molecule has 27 heavy (non-hydrogen) atoms. The minimum Gasteiger partial charge on any atom is -0.456 e. The first-order chi connectivity index (χ1) is 13.0. The second kappa shape index (κ2) is 8.41. The van der Waals surface area contributed by atoms with Gasteiger partial charge in [-0.1, -0.05) is 31.2 Å². The van der Waals surface area contributed by atoms with Crippen molar-refractivity contribution in [1.82, 2.24) is 4.98 Å². The number of ether oxygens (including phenoxy) is 1. The van der Waals surface area contributed by atoms with E-state index >= 15 is 0 Å². The average molecular weight is 384 g/mol. The maximum Gasteiger partial charge on any atom is 0.433 e. The summed E-state index contributed by atoms with van der Waals surface area (Å²) in [5.74, 6) is -0.772. The maximum absolute atomic E-state index is 11.8. The normalized spacial score (nSPS) is 11.0. The third-order valence-corrected chi connectivity index (χ3v) is 4.64. The third kappa shape index (κ3) is 4.89. The van der Waals surface area contributed by atoms with Crippen molar-refractivity contribution in [1.29, 1.82) is 0 Å². The summed E-state index contributed by atoms with van der Waals surface area (Å²) < 4.78 is 10.1. The van der Waals surface area contributed by atoms with Crippen LogP contribution in [0.4, 0.5) is 5.88 Å². The highest BCUT2D eigenvalue weighted by Crippen LogP contribution is 2.24. The van der Waals surface area contributed by atoms with E-state index in [2.05, 4.69) is 24.0 Å². The van der Waals surface area contributed by atoms with Gasteiger partial charge in [0.2, 0.25) is 0 Å². The highest BCUT2D eigenvalue weighted by atomic mass is 32.1. The molecule has 0 amide bonds. The summed E-state index contributed by atoms with van der Waals surface area (Å²) in [4.78, 5) is 26.1. The van der Waals surface area contributed by atoms with Gasteiger partial charge in [0.15, 0.2) is 0 Å². The molecule has 0 aliphatic rings. The van der Waals surface area contributed by atoms with Crippen molar-refractivity contribution in [2.45, 2.75) is 20.0 Å². The smallest absolute Gasteiger partial charge is 0.433 e. The van der Waals surface area contributed by atoms with Crippen LogP contribution in [0.1, 0.15) is 23.9 Å². The van der Waals surface area contributed by atoms with E-state index in [9.17, 15) is 14.9 Å². The molecule has 0 aliphatic carbocycles. The van der Waals surface area contributed by atoms with Crippen molar-refractivity contribution in [2.24, 2.45) is 0 Å². The van der Waals surface area contributed by atoms with Crippen LogP contribution >= 0.6 is 11.3 Å². The van der Waals surface area contributed by atoms with Gasteiger partial charge in [-0.05, 0) is 24.1 Å². The Hall–Kier alpha value is -3.26. The SMILES string of the molecule is CCc1ccc(-c2nc(COC(=O)/C=C/c3ccc([N+](=O)[O-])o3)cs2)cc1. The van der Waals surface area contributed by atoms with Gasteiger partial charge in [-0.15, -0.1) is 11.3 Å². The minimum absolute atomic E-state index is 0.0466. The molecule has 2 aromatic heterocycles. The van der Waals surface area contributed by atoms with Crippen LogP contribution in [-0.4, -0.2) is 15.9 Å². The summed E-state index contributed by atoms with van der Waals surface area (Å²) in [5.41, 5.74) is 2.94. The molecular formula is C19H16N2O5S. The van der Waals surface area contributed by atoms with E-state index in [0.29, 0.717) is 5.69 Å². The second-order valence-electron chi connectivity index (χ2n) is 5.57. The van der Waals surface area contributed by atoms with Crippen molar-refractivity contribution < 1.29 is 18.9 Å². The number of thiazole rings is 1. The van der Waals surface area contributed by atoms with Gasteiger partial charge in [-0.25, -0.2) is 9.78 Å². The molecule has 0 bridgehead atoms. The molecule has 138 valence electrons. The van der Waals surface area contributed by atoms with Crippen LogP contribution in [0, 0.1) is 10.1 Å². The van der Waals surface area contributed by atoms with Gasteiger partial charge >= 0.3 is 11.9 Å². The fourth-order valence-electron chi connectivity index (χ4n) is 2.26. The molecule has 0 N–H and O–H groups in total. The summed E-state index contributed by atoms with van der Waals surface area (Å²) in [6.45, 7) is 2.15. The summed E-state index contributed by atoms with van der Waals surface area (Å²) in [6.07, 6.45) is 3.45. The van der Waals surface area contributed by atoms with Crippen LogP contribution in [0.15, 0.2) is 52.3 Å². The first kappa shape index (κ1) is 18.5. The lowest BCUT2D eigenvalue weighted by molar-refractivity contribution is -0.402. The van der Waals surface area contributed by atoms with E-state index in [4.69, 9.17) is 9.15 Å². The number of aromatic nitrogens is 1. The summed E-state index contributed by atoms with van der Waals surface area (Å²) in [6, 6.07) is 10.8. The van der Waals surface area contributed by atoms with Crippen molar-refractivity contribution in [3.63, 3.8) is 0 Å². The van der Waals surface area contributed by atoms with Crippen molar-refractivity contribution >= 4 is 29.3 Å². The molecule has 7 nitrogen and oxygen atoms in total. The van der Waals surface area contributed by atoms with Gasteiger partial charge in [0.05, 0.1) is 11.8 Å². The zero-order valence-corrected chi connectivity index (χ0v) is 15.3. The van der Waals surface area contributed by atoms with E-state index in [1.807, 2.05) is 17.5 Å². The molecule has 0 unspecified atom stereocenters. The van der Waals surface area contributed by atoms with Crippen LogP contribution in [0.5, 0.6) is 0 Å². The molecular weight excluding hydrogens is 368 g/mol. The summed E-state index contributed by atoms with van der Waals surface area (Å²) >= 11 is 1.48. The quantitative estimate of drug-likeness (QED) is 0.255. The largest absolute Gasteiger partial charge is 0.456 e. The standard InChI is InChI=1S/C19H16N2O5S/c1-2-13-3-5-14(6-4-13)19-20-15(12-27-19)11-25-18(22)10-8-16-7-9-17(26-16)21(23)24/h3-10,12H,2,11H2,1H3/b10-8+. The van der Waals surface area contributed by atoms with Gasteiger partial charge in [0, 0.05) is 17.0 Å². The van der Waals surface area contributed by atoms with Gasteiger partial charge in [-0.3, -0.25) is 10.1 Å². The zero-order chi connectivity index (χ0) is 19.2. The molecule has 2 heterocycles. The number of hydrogen-bond donors (Lipinski definition) is 0. The fraction of sp³-hybridized carbons (Fsp3) is 0.158. The Morgan fingerprint density at radius 1 is 1.30 bits per heavy atom. The number of esters is 1. The lowest BCUT2D eigenvalue weighted by Gasteiger charge is -2.00. The van der Waals surface area contributed by atoms with Gasteiger partial charge in [0.1, 0.15) is 22.3 Å². The summed E-state index contributed by atoms with van der Waals surface area (Å²) in [7, 11) is 0. The zero-order valence-electron chi connectivity index (χ0n) is 14.5. The third-order valence-electron chi connectivity index (χ3n) is 3.70. The second-order valence-corrected chi connectivity index (χ2v) is 6.43. The molecule has 0 radical (unpaired) electrons. The first-order valence-electron chi connectivity index (χ1n) is 8.18. The Morgan fingerprint density at radius 3 is 2.74 bits per heavy atom. The van der Waals surface area contributed by atoms with Crippen molar-refractivity contribution in [3.05, 3.63) is 75.0 Å². The molecule has 3 rings (SSSR count). The van der Waals surface area contributed by atoms with Gasteiger partial charge < -0.3 is 9.15 Å². The van der Waals surface area contributed by atoms with Gasteiger partial charge in [-0.2, -0.15) is 0 Å². The van der Waals surface area contributed by atoms with E-state index in [-0.39, 0.29) is 18.3 Å². The number of benzene rings is 1. The lowest BCUT2D eigenvalue weighted by Crippen LogP contribution is -2.00. The number of carbonyl (C=O) groups is 1. The minimum atomic E-state index is -0.648. The number of nitrogens with zero attached hydrogens (tertiary/aromatic N) is 2. The van der Waals surface area contributed by atoms with Crippen LogP contribution in [0.2, 0.25) is 0 Å². The Labute approximate surface area is 159 Å². The topological polar surface area (TPSA) is 95.5 Å². The van der Waals surface area contributed by atoms with Crippen LogP contribution in [0.3, 0.4) is 0 Å². The molecule has 0 saturated heterocycles. The number of hydrogen-bond acceptors (Lipinski definition) is 7. The average Bonchev–Trinajstić information content (AvgIpc) is 3.34. The fourth-order valence-corrected chi connectivity index (χ4v) is 3.07. The lowest BCUT2D eigenvalue weighted by atomic mass is 10.1. The van der Waals surface area contributed by atoms with E-state index < -0.39 is 10.9 Å². The van der Waals surface area contributed by atoms with Crippen molar-refractivity contribution in [3.8, 4) is 10.6 Å². The first-order valence-corrected chi connectivity index (χ1v) is 9.06. The molecule has 0 fully saturated rings. The number of aryl methyl sites for hydroxylation is 1. The predicted octanol–water partition coefficient (Wildman–Crippen LogP) is 4.63. The highest BCUT2D eigenvalue weighted by Gasteiger charge is 2.11. The molecule has 3 aromatic rings. The Bertz CT molecular complexity index is 972. The molecule has 8 heteroatoms. The molecule has 0 aliphatic heterocycles. The van der Waals surface area contributed by atoms with Gasteiger partial charge in [0.25, 0.3) is 0 Å². The molecule has 0 atom stereocenters. The van der Waals surface area contributed by atoms with Crippen LogP contribution in [0.25, 0.3) is 16.6 Å². The van der Waals surface area contributed by atoms with E-state index in [1.165, 1.54) is 35.1 Å². The maximum atomic E-state index is 11.8. The Morgan fingerprint density at radius 2 is 2.07 bits per heavy atom. The summed E-state index contributed by atoms with van der Waals surface area (Å²) in [5, 5.41) is 13.2. The monoisotopic (exact) mass is 384 g/mol. The Balaban J connectivity index is 1.55. The van der Waals surface area contributed by atoms with E-state index in [1.54, 1.807) is 0 Å². The van der Waals surface area contributed by atoms with Crippen LogP contribution < -0.4 is 0 Å².